The second-order valence-corrected chi connectivity index (χ2v) is 9.51. The monoisotopic (exact) mass is 450 g/mol. The second kappa shape index (κ2) is 10.1. The fourth-order valence-corrected chi connectivity index (χ4v) is 4.55. The summed E-state index contributed by atoms with van der Waals surface area (Å²) in [5, 5.41) is 9.91. The third-order valence-corrected chi connectivity index (χ3v) is 6.85. The number of fused-ring (bicyclic) bond motifs is 3. The number of rotatable bonds is 5. The Balaban J connectivity index is 1.73. The standard InChI is InChI=1S/C27H34N2O4/c1-18-14-29(19(2)16-30)27(32)24-11-7-6-10-23(24)22-9-5-4-8-21(22)17-33-25(18)15-28(3)26(31)20-12-13-20/h4-11,18-20,25,30H,12-17H2,1-3H3/t18-,19+,25+/m0/s1. The summed E-state index contributed by atoms with van der Waals surface area (Å²) < 4.78 is 6.45. The molecule has 0 bridgehead atoms. The molecule has 0 spiro atoms. The Hall–Kier alpha value is -2.70. The van der Waals surface area contributed by atoms with Gasteiger partial charge in [-0.1, -0.05) is 49.4 Å². The van der Waals surface area contributed by atoms with Crippen molar-refractivity contribution in [2.24, 2.45) is 11.8 Å². The largest absolute Gasteiger partial charge is 0.394 e. The van der Waals surface area contributed by atoms with E-state index in [-0.39, 0.29) is 42.4 Å². The lowest BCUT2D eigenvalue weighted by molar-refractivity contribution is -0.134. The van der Waals surface area contributed by atoms with Crippen LogP contribution in [0.15, 0.2) is 48.5 Å². The number of aliphatic hydroxyl groups is 1. The zero-order valence-corrected chi connectivity index (χ0v) is 19.7. The van der Waals surface area contributed by atoms with Crippen molar-refractivity contribution in [1.29, 1.82) is 0 Å². The highest BCUT2D eigenvalue weighted by molar-refractivity contribution is 6.01. The quantitative estimate of drug-likeness (QED) is 0.756. The molecule has 0 radical (unpaired) electrons. The van der Waals surface area contributed by atoms with E-state index in [0.29, 0.717) is 25.3 Å². The van der Waals surface area contributed by atoms with Crippen LogP contribution < -0.4 is 0 Å². The molecule has 0 aromatic heterocycles. The summed E-state index contributed by atoms with van der Waals surface area (Å²) in [6.45, 7) is 5.10. The minimum absolute atomic E-state index is 0.0326. The highest BCUT2D eigenvalue weighted by Gasteiger charge is 2.35. The van der Waals surface area contributed by atoms with Gasteiger partial charge in [0.25, 0.3) is 5.91 Å². The molecule has 6 heteroatoms. The van der Waals surface area contributed by atoms with Crippen LogP contribution in [-0.2, 0) is 16.1 Å². The summed E-state index contributed by atoms with van der Waals surface area (Å²) in [6, 6.07) is 15.3. The maximum Gasteiger partial charge on any atom is 0.254 e. The molecule has 176 valence electrons. The molecule has 6 nitrogen and oxygen atoms in total. The summed E-state index contributed by atoms with van der Waals surface area (Å²) in [6.07, 6.45) is 1.69. The molecule has 0 unspecified atom stereocenters. The number of hydrogen-bond acceptors (Lipinski definition) is 4. The van der Waals surface area contributed by atoms with Crippen LogP contribution in [0.2, 0.25) is 0 Å². The number of likely N-dealkylation sites (N-methyl/N-ethyl adjacent to an activating group) is 1. The van der Waals surface area contributed by atoms with Crippen LogP contribution >= 0.6 is 0 Å². The third-order valence-electron chi connectivity index (χ3n) is 6.85. The first-order chi connectivity index (χ1) is 15.9. The molecule has 2 aromatic rings. The van der Waals surface area contributed by atoms with E-state index in [0.717, 1.165) is 29.5 Å². The molecule has 1 saturated carbocycles. The molecule has 4 rings (SSSR count). The Morgan fingerprint density at radius 2 is 1.76 bits per heavy atom. The Bertz CT molecular complexity index is 1000. The van der Waals surface area contributed by atoms with Crippen LogP contribution in [0.1, 0.15) is 42.6 Å². The lowest BCUT2D eigenvalue weighted by Gasteiger charge is -2.35. The maximum atomic E-state index is 13.8. The van der Waals surface area contributed by atoms with Gasteiger partial charge >= 0.3 is 0 Å². The van der Waals surface area contributed by atoms with Crippen molar-refractivity contribution in [1.82, 2.24) is 9.80 Å². The first-order valence-corrected chi connectivity index (χ1v) is 11.9. The summed E-state index contributed by atoms with van der Waals surface area (Å²) in [5.41, 5.74) is 3.46. The van der Waals surface area contributed by atoms with Gasteiger partial charge in [-0.2, -0.15) is 0 Å². The minimum atomic E-state index is -0.338. The number of amides is 2. The van der Waals surface area contributed by atoms with E-state index in [1.807, 2.05) is 62.5 Å². The topological polar surface area (TPSA) is 70.1 Å². The van der Waals surface area contributed by atoms with Crippen molar-refractivity contribution >= 4 is 11.8 Å². The van der Waals surface area contributed by atoms with Crippen LogP contribution in [0.4, 0.5) is 0 Å². The Kier molecular flexibility index (Phi) is 7.15. The first-order valence-electron chi connectivity index (χ1n) is 11.9. The van der Waals surface area contributed by atoms with Crippen molar-refractivity contribution in [3.63, 3.8) is 0 Å². The zero-order valence-electron chi connectivity index (χ0n) is 19.7. The molecular weight excluding hydrogens is 416 g/mol. The summed E-state index contributed by atoms with van der Waals surface area (Å²) in [5.74, 6) is 0.187. The predicted octanol–water partition coefficient (Wildman–Crippen LogP) is 3.58. The van der Waals surface area contributed by atoms with Crippen LogP contribution in [0.25, 0.3) is 11.1 Å². The number of nitrogens with zero attached hydrogens (tertiary/aromatic N) is 2. The highest BCUT2D eigenvalue weighted by atomic mass is 16.5. The third kappa shape index (κ3) is 5.12. The molecule has 1 heterocycles. The van der Waals surface area contributed by atoms with E-state index in [9.17, 15) is 14.7 Å². The molecule has 1 aliphatic carbocycles. The van der Waals surface area contributed by atoms with Crippen LogP contribution in [0.5, 0.6) is 0 Å². The lowest BCUT2D eigenvalue weighted by Crippen LogP contribution is -2.47. The summed E-state index contributed by atoms with van der Waals surface area (Å²) in [7, 11) is 1.84. The van der Waals surface area contributed by atoms with E-state index in [1.54, 1.807) is 9.80 Å². The van der Waals surface area contributed by atoms with Gasteiger partial charge in [0.1, 0.15) is 0 Å². The van der Waals surface area contributed by atoms with Crippen LogP contribution in [0.3, 0.4) is 0 Å². The number of carbonyl (C=O) groups is 2. The van der Waals surface area contributed by atoms with E-state index in [2.05, 4.69) is 6.92 Å². The van der Waals surface area contributed by atoms with Gasteiger partial charge in [0, 0.05) is 37.5 Å². The van der Waals surface area contributed by atoms with Crippen LogP contribution in [-0.4, -0.2) is 65.6 Å². The maximum absolute atomic E-state index is 13.8. The van der Waals surface area contributed by atoms with Crippen molar-refractivity contribution in [3.8, 4) is 11.1 Å². The van der Waals surface area contributed by atoms with Gasteiger partial charge in [-0.3, -0.25) is 9.59 Å². The van der Waals surface area contributed by atoms with E-state index in [1.165, 1.54) is 0 Å². The first kappa shape index (κ1) is 23.5. The second-order valence-electron chi connectivity index (χ2n) is 9.51. The molecule has 1 fully saturated rings. The molecule has 2 aliphatic rings. The molecule has 1 N–H and O–H groups in total. The smallest absolute Gasteiger partial charge is 0.254 e. The summed E-state index contributed by atoms with van der Waals surface area (Å²) >= 11 is 0. The fourth-order valence-electron chi connectivity index (χ4n) is 4.55. The van der Waals surface area contributed by atoms with Gasteiger partial charge in [-0.25, -0.2) is 0 Å². The predicted molar refractivity (Wildman–Crippen MR) is 128 cm³/mol. The van der Waals surface area contributed by atoms with Crippen molar-refractivity contribution in [2.45, 2.75) is 45.4 Å². The van der Waals surface area contributed by atoms with Gasteiger partial charge in [0.05, 0.1) is 25.4 Å². The van der Waals surface area contributed by atoms with Gasteiger partial charge < -0.3 is 19.6 Å². The van der Waals surface area contributed by atoms with Crippen LogP contribution in [0, 0.1) is 11.8 Å². The molecule has 1 aliphatic heterocycles. The van der Waals surface area contributed by atoms with Gasteiger partial charge in [0.2, 0.25) is 5.91 Å². The van der Waals surface area contributed by atoms with E-state index < -0.39 is 0 Å². The average molecular weight is 451 g/mol. The number of hydrogen-bond donors (Lipinski definition) is 1. The molecule has 3 atom stereocenters. The fraction of sp³-hybridized carbons (Fsp3) is 0.481. The van der Waals surface area contributed by atoms with Gasteiger partial charge in [-0.05, 0) is 42.5 Å². The Morgan fingerprint density at radius 3 is 2.42 bits per heavy atom. The molecule has 0 saturated heterocycles. The number of ether oxygens (including phenoxy) is 1. The van der Waals surface area contributed by atoms with Crippen molar-refractivity contribution < 1.29 is 19.4 Å². The van der Waals surface area contributed by atoms with Crippen molar-refractivity contribution in [3.05, 3.63) is 59.7 Å². The normalized spacial score (nSPS) is 22.1. The molecule has 2 aromatic carbocycles. The number of carbonyl (C=O) groups excluding carboxylic acids is 2. The molecular formula is C27H34N2O4. The minimum Gasteiger partial charge on any atom is -0.394 e. The van der Waals surface area contributed by atoms with Gasteiger partial charge in [0.15, 0.2) is 0 Å². The molecule has 2 amide bonds. The highest BCUT2D eigenvalue weighted by Crippen LogP contribution is 2.33. The van der Waals surface area contributed by atoms with Gasteiger partial charge in [-0.15, -0.1) is 0 Å². The van der Waals surface area contributed by atoms with E-state index in [4.69, 9.17) is 4.74 Å². The molecule has 33 heavy (non-hydrogen) atoms. The Morgan fingerprint density at radius 1 is 1.12 bits per heavy atom. The number of aliphatic hydroxyl groups excluding tert-OH is 1. The Labute approximate surface area is 196 Å². The summed E-state index contributed by atoms with van der Waals surface area (Å²) in [4.78, 5) is 29.9. The number of benzene rings is 2. The SMILES string of the molecule is C[C@H](CO)N1C[C@H](C)[C@@H](CN(C)C(=O)C2CC2)OCc2ccccc2-c2ccccc2C1=O. The van der Waals surface area contributed by atoms with E-state index >= 15 is 0 Å². The average Bonchev–Trinajstić information content (AvgIpc) is 3.68. The zero-order chi connectivity index (χ0) is 23.5. The van der Waals surface area contributed by atoms with Crippen molar-refractivity contribution in [2.75, 3.05) is 26.7 Å². The lowest BCUT2D eigenvalue weighted by atomic mass is 9.94.